The summed E-state index contributed by atoms with van der Waals surface area (Å²) in [7, 11) is 1.65. The molecule has 1 aliphatic heterocycles. The number of aromatic nitrogens is 1. The van der Waals surface area contributed by atoms with Gasteiger partial charge in [-0.25, -0.2) is 4.79 Å². The van der Waals surface area contributed by atoms with Gasteiger partial charge in [0.05, 0.1) is 18.8 Å². The minimum absolute atomic E-state index is 0.0148. The molecule has 1 aliphatic rings. The zero-order chi connectivity index (χ0) is 19.2. The minimum atomic E-state index is -0.0678. The average molecular weight is 368 g/mol. The Hall–Kier alpha value is -2.60. The van der Waals surface area contributed by atoms with Gasteiger partial charge in [0.15, 0.2) is 0 Å². The normalized spacial score (nSPS) is 16.0. The van der Waals surface area contributed by atoms with Crippen LogP contribution < -0.4 is 10.1 Å². The van der Waals surface area contributed by atoms with Gasteiger partial charge in [-0.2, -0.15) is 0 Å². The first kappa shape index (κ1) is 19.2. The van der Waals surface area contributed by atoms with E-state index < -0.39 is 0 Å². The fourth-order valence-electron chi connectivity index (χ4n) is 3.28. The Morgan fingerprint density at radius 2 is 2.00 bits per heavy atom. The van der Waals surface area contributed by atoms with Gasteiger partial charge in [-0.15, -0.1) is 0 Å². The molecule has 1 atom stereocenters. The molecule has 1 fully saturated rings. The molecule has 0 bridgehead atoms. The fourth-order valence-corrected chi connectivity index (χ4v) is 3.28. The Morgan fingerprint density at radius 1 is 1.22 bits per heavy atom. The van der Waals surface area contributed by atoms with E-state index in [1.54, 1.807) is 7.11 Å². The molecular formula is C21H28N4O2. The molecule has 0 radical (unpaired) electrons. The highest BCUT2D eigenvalue weighted by atomic mass is 16.5. The quantitative estimate of drug-likeness (QED) is 0.881. The number of hydrogen-bond acceptors (Lipinski definition) is 4. The van der Waals surface area contributed by atoms with Crippen molar-refractivity contribution in [3.8, 4) is 5.75 Å². The molecule has 3 rings (SSSR count). The van der Waals surface area contributed by atoms with Crippen molar-refractivity contribution < 1.29 is 9.53 Å². The van der Waals surface area contributed by atoms with Gasteiger partial charge in [-0.3, -0.25) is 9.88 Å². The van der Waals surface area contributed by atoms with E-state index in [2.05, 4.69) is 28.2 Å². The molecule has 2 amide bonds. The van der Waals surface area contributed by atoms with Crippen molar-refractivity contribution in [2.45, 2.75) is 26.4 Å². The lowest BCUT2D eigenvalue weighted by atomic mass is 10.1. The van der Waals surface area contributed by atoms with Crippen LogP contribution in [0.5, 0.6) is 5.75 Å². The van der Waals surface area contributed by atoms with Crippen LogP contribution in [0.4, 0.5) is 4.79 Å². The zero-order valence-corrected chi connectivity index (χ0v) is 16.3. The summed E-state index contributed by atoms with van der Waals surface area (Å²) in [5.41, 5.74) is 3.36. The van der Waals surface area contributed by atoms with Crippen LogP contribution in [0.2, 0.25) is 0 Å². The van der Waals surface area contributed by atoms with E-state index in [1.807, 2.05) is 48.4 Å². The maximum Gasteiger partial charge on any atom is 0.317 e. The second-order valence-corrected chi connectivity index (χ2v) is 6.98. The highest BCUT2D eigenvalue weighted by molar-refractivity contribution is 5.74. The molecule has 144 valence electrons. The average Bonchev–Trinajstić information content (AvgIpc) is 2.70. The Bertz CT molecular complexity index is 772. The molecule has 0 aliphatic carbocycles. The summed E-state index contributed by atoms with van der Waals surface area (Å²) in [6.45, 7) is 8.08. The van der Waals surface area contributed by atoms with Gasteiger partial charge in [0, 0.05) is 38.9 Å². The van der Waals surface area contributed by atoms with Crippen LogP contribution in [-0.2, 0) is 6.54 Å². The Morgan fingerprint density at radius 3 is 2.70 bits per heavy atom. The predicted molar refractivity (Wildman–Crippen MR) is 106 cm³/mol. The van der Waals surface area contributed by atoms with Crippen molar-refractivity contribution in [3.05, 3.63) is 59.4 Å². The summed E-state index contributed by atoms with van der Waals surface area (Å²) in [5.74, 6) is 0.798. The van der Waals surface area contributed by atoms with Crippen LogP contribution >= 0.6 is 0 Å². The number of ether oxygens (including phenoxy) is 1. The fraction of sp³-hybridized carbons (Fsp3) is 0.429. The Kier molecular flexibility index (Phi) is 6.29. The minimum Gasteiger partial charge on any atom is -0.497 e. The molecule has 27 heavy (non-hydrogen) atoms. The number of benzene rings is 1. The van der Waals surface area contributed by atoms with Crippen molar-refractivity contribution in [1.29, 1.82) is 0 Å². The molecule has 1 unspecified atom stereocenters. The molecule has 1 aromatic carbocycles. The van der Waals surface area contributed by atoms with E-state index in [0.717, 1.165) is 49.7 Å². The van der Waals surface area contributed by atoms with Gasteiger partial charge < -0.3 is 15.0 Å². The molecule has 1 saturated heterocycles. The molecule has 1 N–H and O–H groups in total. The molecule has 1 aromatic heterocycles. The third kappa shape index (κ3) is 4.98. The number of hydrogen-bond donors (Lipinski definition) is 1. The van der Waals surface area contributed by atoms with E-state index in [4.69, 9.17) is 4.74 Å². The van der Waals surface area contributed by atoms with Gasteiger partial charge in [-0.1, -0.05) is 18.2 Å². The number of urea groups is 1. The number of carbonyl (C=O) groups excluding carboxylic acids is 1. The lowest BCUT2D eigenvalue weighted by molar-refractivity contribution is 0.132. The van der Waals surface area contributed by atoms with Gasteiger partial charge in [0.25, 0.3) is 0 Å². The second kappa shape index (κ2) is 8.86. The summed E-state index contributed by atoms with van der Waals surface area (Å²) in [5, 5.41) is 3.09. The molecule has 6 heteroatoms. The summed E-state index contributed by atoms with van der Waals surface area (Å²) in [6, 6.07) is 11.8. The topological polar surface area (TPSA) is 57.7 Å². The molecule has 0 saturated carbocycles. The summed E-state index contributed by atoms with van der Waals surface area (Å²) in [4.78, 5) is 21.3. The summed E-state index contributed by atoms with van der Waals surface area (Å²) in [6.07, 6.45) is 1.84. The Balaban J connectivity index is 1.50. The van der Waals surface area contributed by atoms with Crippen molar-refractivity contribution in [3.63, 3.8) is 0 Å². The van der Waals surface area contributed by atoms with E-state index in [0.29, 0.717) is 0 Å². The molecule has 2 aromatic rings. The summed E-state index contributed by atoms with van der Waals surface area (Å²) < 4.78 is 5.26. The standard InChI is InChI=1S/C21H28N4O2/c1-16-6-5-9-22-20(16)15-24-10-12-25(13-11-24)21(26)23-17(2)18-7-4-8-19(14-18)27-3/h4-9,14,17H,10-13,15H2,1-3H3,(H,23,26). The van der Waals surface area contributed by atoms with E-state index in [9.17, 15) is 4.79 Å². The van der Waals surface area contributed by atoms with Crippen molar-refractivity contribution >= 4 is 6.03 Å². The highest BCUT2D eigenvalue weighted by Crippen LogP contribution is 2.19. The molecule has 2 heterocycles. The lowest BCUT2D eigenvalue weighted by Crippen LogP contribution is -2.51. The maximum atomic E-state index is 12.6. The number of carbonyl (C=O) groups is 1. The van der Waals surface area contributed by atoms with Crippen LogP contribution in [0.25, 0.3) is 0 Å². The number of pyridine rings is 1. The van der Waals surface area contributed by atoms with Crippen molar-refractivity contribution in [1.82, 2.24) is 20.1 Å². The Labute approximate surface area is 161 Å². The first-order chi connectivity index (χ1) is 13.1. The van der Waals surface area contributed by atoms with Crippen LogP contribution in [0.1, 0.15) is 29.8 Å². The lowest BCUT2D eigenvalue weighted by Gasteiger charge is -2.35. The first-order valence-corrected chi connectivity index (χ1v) is 9.39. The van der Waals surface area contributed by atoms with Gasteiger partial charge in [0.1, 0.15) is 5.75 Å². The van der Waals surface area contributed by atoms with Crippen LogP contribution in [0.3, 0.4) is 0 Å². The molecule has 6 nitrogen and oxygen atoms in total. The number of rotatable bonds is 5. The summed E-state index contributed by atoms with van der Waals surface area (Å²) >= 11 is 0. The van der Waals surface area contributed by atoms with E-state index >= 15 is 0 Å². The first-order valence-electron chi connectivity index (χ1n) is 9.39. The van der Waals surface area contributed by atoms with Crippen LogP contribution in [-0.4, -0.2) is 54.1 Å². The highest BCUT2D eigenvalue weighted by Gasteiger charge is 2.23. The number of methoxy groups -OCH3 is 1. The largest absolute Gasteiger partial charge is 0.497 e. The van der Waals surface area contributed by atoms with Gasteiger partial charge in [-0.05, 0) is 43.2 Å². The van der Waals surface area contributed by atoms with Gasteiger partial charge >= 0.3 is 6.03 Å². The monoisotopic (exact) mass is 368 g/mol. The van der Waals surface area contributed by atoms with Gasteiger partial charge in [0.2, 0.25) is 0 Å². The third-order valence-corrected chi connectivity index (χ3v) is 5.08. The third-order valence-electron chi connectivity index (χ3n) is 5.08. The van der Waals surface area contributed by atoms with E-state index in [-0.39, 0.29) is 12.1 Å². The smallest absolute Gasteiger partial charge is 0.317 e. The maximum absolute atomic E-state index is 12.6. The number of piperazine rings is 1. The number of aryl methyl sites for hydroxylation is 1. The number of nitrogens with one attached hydrogen (secondary N) is 1. The van der Waals surface area contributed by atoms with Crippen LogP contribution in [0.15, 0.2) is 42.6 Å². The molecular weight excluding hydrogens is 340 g/mol. The SMILES string of the molecule is COc1cccc(C(C)NC(=O)N2CCN(Cc3ncccc3C)CC2)c1. The van der Waals surface area contributed by atoms with E-state index in [1.165, 1.54) is 5.56 Å². The zero-order valence-electron chi connectivity index (χ0n) is 16.3. The number of nitrogens with zero attached hydrogens (tertiary/aromatic N) is 3. The van der Waals surface area contributed by atoms with Crippen molar-refractivity contribution in [2.24, 2.45) is 0 Å². The van der Waals surface area contributed by atoms with Crippen molar-refractivity contribution in [2.75, 3.05) is 33.3 Å². The van der Waals surface area contributed by atoms with Crippen LogP contribution in [0, 0.1) is 6.92 Å². The number of amides is 2. The predicted octanol–water partition coefficient (Wildman–Crippen LogP) is 2.99. The second-order valence-electron chi connectivity index (χ2n) is 6.98. The molecule has 0 spiro atoms.